The number of hydrogen-bond acceptors (Lipinski definition) is 8. The molecule has 13 heteroatoms. The fourth-order valence-corrected chi connectivity index (χ4v) is 5.25. The molecule has 1 aromatic carbocycles. The average molecular weight is 601 g/mol. The lowest BCUT2D eigenvalue weighted by Gasteiger charge is -2.39. The maximum absolute atomic E-state index is 13.4. The summed E-state index contributed by atoms with van der Waals surface area (Å²) in [7, 11) is 4.48. The molecule has 4 N–H and O–H groups in total. The van der Waals surface area contributed by atoms with Crippen molar-refractivity contribution in [3.05, 3.63) is 40.6 Å². The molecule has 0 spiro atoms. The standard InChI is InChI=1S/C30H40N4O9/c1-29(2,3)19-14-31-24(34(27(37)38)28(39)40)22(30(4,5)6)16(19)12-17-23(33-25(17)35)26(36)32-13-18-20(42-8)10-15(41-7)11-21(18)43-9/h10-11,14,17,23H,12-13H2,1-9H3,(H,32,36)(H,33,35)(H,37,38)(H,39,40)/t17-,23+/m1/s1. The van der Waals surface area contributed by atoms with E-state index in [1.807, 2.05) is 41.5 Å². The molecule has 0 unspecified atom stereocenters. The Labute approximate surface area is 250 Å². The zero-order valence-corrected chi connectivity index (χ0v) is 25.9. The zero-order valence-electron chi connectivity index (χ0n) is 25.9. The Morgan fingerprint density at radius 2 is 1.49 bits per heavy atom. The summed E-state index contributed by atoms with van der Waals surface area (Å²) < 4.78 is 16.2. The molecule has 0 aliphatic carbocycles. The smallest absolute Gasteiger partial charge is 0.422 e. The number of carboxylic acid groups (broad SMARTS) is 2. The summed E-state index contributed by atoms with van der Waals surface area (Å²) in [6, 6.07) is 2.44. The van der Waals surface area contributed by atoms with Gasteiger partial charge in [-0.2, -0.15) is 4.90 Å². The second kappa shape index (κ2) is 12.4. The van der Waals surface area contributed by atoms with Gasteiger partial charge in [0.05, 0.1) is 39.4 Å². The molecular formula is C30H40N4O9. The number of pyridine rings is 1. The van der Waals surface area contributed by atoms with E-state index in [4.69, 9.17) is 14.2 Å². The number of carbonyl (C=O) groups excluding carboxylic acids is 2. The monoisotopic (exact) mass is 600 g/mol. The Hall–Kier alpha value is -4.55. The van der Waals surface area contributed by atoms with Crippen molar-refractivity contribution < 1.29 is 43.6 Å². The number of methoxy groups -OCH3 is 3. The maximum Gasteiger partial charge on any atom is 0.422 e. The zero-order chi connectivity index (χ0) is 32.4. The third kappa shape index (κ3) is 6.76. The van der Waals surface area contributed by atoms with Gasteiger partial charge < -0.3 is 35.1 Å². The second-order valence-electron chi connectivity index (χ2n) is 12.3. The summed E-state index contributed by atoms with van der Waals surface area (Å²) >= 11 is 0. The van der Waals surface area contributed by atoms with E-state index in [0.29, 0.717) is 39.5 Å². The van der Waals surface area contributed by atoms with Crippen molar-refractivity contribution >= 4 is 29.8 Å². The first-order chi connectivity index (χ1) is 20.0. The van der Waals surface area contributed by atoms with Crippen LogP contribution in [0.25, 0.3) is 0 Å². The molecule has 2 heterocycles. The number of carbonyl (C=O) groups is 4. The predicted molar refractivity (Wildman–Crippen MR) is 157 cm³/mol. The highest BCUT2D eigenvalue weighted by molar-refractivity contribution is 6.07. The molecule has 1 aromatic heterocycles. The summed E-state index contributed by atoms with van der Waals surface area (Å²) in [4.78, 5) is 54.7. The topological polar surface area (TPSA) is 177 Å². The minimum Gasteiger partial charge on any atom is -0.496 e. The van der Waals surface area contributed by atoms with Gasteiger partial charge in [0.15, 0.2) is 5.82 Å². The Morgan fingerprint density at radius 1 is 0.930 bits per heavy atom. The van der Waals surface area contributed by atoms with Gasteiger partial charge >= 0.3 is 12.2 Å². The molecule has 0 saturated carbocycles. The molecule has 234 valence electrons. The highest BCUT2D eigenvalue weighted by atomic mass is 16.5. The normalized spacial score (nSPS) is 16.4. The fraction of sp³-hybridized carbons (Fsp3) is 0.500. The molecule has 1 aliphatic heterocycles. The van der Waals surface area contributed by atoms with Crippen LogP contribution in [0.15, 0.2) is 18.3 Å². The van der Waals surface area contributed by atoms with Crippen LogP contribution in [0.1, 0.15) is 63.8 Å². The minimum atomic E-state index is -1.71. The molecular weight excluding hydrogens is 560 g/mol. The number of aromatic nitrogens is 1. The Bertz CT molecular complexity index is 1390. The molecule has 2 aromatic rings. The number of rotatable bonds is 9. The number of ether oxygens (including phenoxy) is 3. The van der Waals surface area contributed by atoms with Crippen molar-refractivity contribution in [1.29, 1.82) is 0 Å². The number of imide groups is 1. The van der Waals surface area contributed by atoms with Crippen LogP contribution in [0.5, 0.6) is 17.2 Å². The number of anilines is 1. The van der Waals surface area contributed by atoms with Crippen molar-refractivity contribution in [3.63, 3.8) is 0 Å². The van der Waals surface area contributed by atoms with E-state index in [1.54, 1.807) is 12.1 Å². The van der Waals surface area contributed by atoms with Crippen molar-refractivity contribution in [2.45, 2.75) is 71.4 Å². The average Bonchev–Trinajstić information content (AvgIpc) is 2.90. The van der Waals surface area contributed by atoms with E-state index >= 15 is 0 Å². The number of amides is 4. The third-order valence-corrected chi connectivity index (χ3v) is 7.32. The van der Waals surface area contributed by atoms with Crippen molar-refractivity contribution in [2.24, 2.45) is 5.92 Å². The fourth-order valence-electron chi connectivity index (χ4n) is 5.25. The molecule has 1 saturated heterocycles. The van der Waals surface area contributed by atoms with Gasteiger partial charge in [-0.15, -0.1) is 0 Å². The molecule has 43 heavy (non-hydrogen) atoms. The highest BCUT2D eigenvalue weighted by Crippen LogP contribution is 2.41. The largest absolute Gasteiger partial charge is 0.496 e. The van der Waals surface area contributed by atoms with Gasteiger partial charge in [-0.1, -0.05) is 41.5 Å². The van der Waals surface area contributed by atoms with Crippen LogP contribution >= 0.6 is 0 Å². The minimum absolute atomic E-state index is 0.0420. The van der Waals surface area contributed by atoms with Crippen LogP contribution in [-0.2, 0) is 33.4 Å². The Balaban J connectivity index is 2.02. The lowest BCUT2D eigenvalue weighted by molar-refractivity contribution is -0.143. The molecule has 2 atom stereocenters. The van der Waals surface area contributed by atoms with Gasteiger partial charge in [0, 0.05) is 23.9 Å². The summed E-state index contributed by atoms with van der Waals surface area (Å²) in [5.74, 6) is -0.449. The van der Waals surface area contributed by atoms with Gasteiger partial charge in [0.1, 0.15) is 23.3 Å². The molecule has 0 radical (unpaired) electrons. The predicted octanol–water partition coefficient (Wildman–Crippen LogP) is 3.84. The molecule has 4 amide bonds. The van der Waals surface area contributed by atoms with Crippen molar-refractivity contribution in [3.8, 4) is 17.2 Å². The second-order valence-corrected chi connectivity index (χ2v) is 12.3. The number of β-lactam (4-membered cyclic amide) rings is 1. The van der Waals surface area contributed by atoms with Crippen LogP contribution < -0.4 is 29.7 Å². The Kier molecular flexibility index (Phi) is 9.47. The molecule has 3 rings (SSSR count). The first-order valence-electron chi connectivity index (χ1n) is 13.6. The summed E-state index contributed by atoms with van der Waals surface area (Å²) in [6.07, 6.45) is -1.90. The van der Waals surface area contributed by atoms with Crippen LogP contribution in [0.3, 0.4) is 0 Å². The lowest BCUT2D eigenvalue weighted by atomic mass is 9.72. The number of nitrogens with one attached hydrogen (secondary N) is 2. The lowest BCUT2D eigenvalue weighted by Crippen LogP contribution is -2.65. The van der Waals surface area contributed by atoms with Gasteiger partial charge in [-0.25, -0.2) is 14.6 Å². The quantitative estimate of drug-likeness (QED) is 0.309. The first-order valence-corrected chi connectivity index (χ1v) is 13.6. The van der Waals surface area contributed by atoms with Crippen LogP contribution in [-0.4, -0.2) is 66.6 Å². The van der Waals surface area contributed by atoms with Gasteiger partial charge in [-0.05, 0) is 28.4 Å². The molecule has 1 aliphatic rings. The molecule has 1 fully saturated rings. The summed E-state index contributed by atoms with van der Waals surface area (Å²) in [5.41, 5.74) is 0.958. The van der Waals surface area contributed by atoms with E-state index in [0.717, 1.165) is 0 Å². The van der Waals surface area contributed by atoms with Crippen LogP contribution in [0.4, 0.5) is 15.4 Å². The first kappa shape index (κ1) is 33.0. The van der Waals surface area contributed by atoms with E-state index in [-0.39, 0.29) is 29.6 Å². The third-order valence-electron chi connectivity index (χ3n) is 7.32. The van der Waals surface area contributed by atoms with E-state index < -0.39 is 40.9 Å². The van der Waals surface area contributed by atoms with Crippen LogP contribution in [0, 0.1) is 5.92 Å². The highest BCUT2D eigenvalue weighted by Gasteiger charge is 2.46. The SMILES string of the molecule is COc1cc(OC)c(CNC(=O)[C@H]2NC(=O)[C@@H]2Cc2c(C(C)(C)C)cnc(N(C(=O)O)C(=O)O)c2C(C)(C)C)c(OC)c1. The van der Waals surface area contributed by atoms with E-state index in [2.05, 4.69) is 15.6 Å². The molecule has 0 bridgehead atoms. The number of benzene rings is 1. The summed E-state index contributed by atoms with van der Waals surface area (Å²) in [6.45, 7) is 11.3. The summed E-state index contributed by atoms with van der Waals surface area (Å²) in [5, 5.41) is 25.0. The molecule has 13 nitrogen and oxygen atoms in total. The Morgan fingerprint density at radius 3 is 1.91 bits per heavy atom. The van der Waals surface area contributed by atoms with Gasteiger partial charge in [0.25, 0.3) is 0 Å². The number of hydrogen-bond donors (Lipinski definition) is 4. The maximum atomic E-state index is 13.4. The van der Waals surface area contributed by atoms with Crippen molar-refractivity contribution in [2.75, 3.05) is 26.2 Å². The van der Waals surface area contributed by atoms with E-state index in [1.165, 1.54) is 27.5 Å². The van der Waals surface area contributed by atoms with Crippen molar-refractivity contribution in [1.82, 2.24) is 15.6 Å². The van der Waals surface area contributed by atoms with Gasteiger partial charge in [0.2, 0.25) is 11.8 Å². The number of nitrogens with zero attached hydrogens (tertiary/aromatic N) is 2. The van der Waals surface area contributed by atoms with E-state index in [9.17, 15) is 29.4 Å². The van der Waals surface area contributed by atoms with Gasteiger partial charge in [-0.3, -0.25) is 9.59 Å². The van der Waals surface area contributed by atoms with Crippen LogP contribution in [0.2, 0.25) is 0 Å².